The zero-order valence-electron chi connectivity index (χ0n) is 12.4. The highest BCUT2D eigenvalue weighted by molar-refractivity contribution is 5.43. The maximum absolute atomic E-state index is 10.2. The van der Waals surface area contributed by atoms with E-state index in [-0.39, 0.29) is 29.8 Å². The highest BCUT2D eigenvalue weighted by Gasteiger charge is 2.17. The van der Waals surface area contributed by atoms with Crippen LogP contribution in [0.25, 0.3) is 0 Å². The molecule has 0 spiro atoms. The van der Waals surface area contributed by atoms with E-state index in [1.54, 1.807) is 19.1 Å². The van der Waals surface area contributed by atoms with E-state index in [1.165, 1.54) is 31.4 Å². The topological polar surface area (TPSA) is 93.4 Å². The second kappa shape index (κ2) is 6.55. The standard InChI is InChI=1S/C16H19NO5/c1-10(11-4-6-14(19)16(7-11)22-2)17(21)9-12-3-5-13(18)8-15(12)20/h3-8,10,18-21H,9H2,1-2H3. The fourth-order valence-corrected chi connectivity index (χ4v) is 2.12. The average molecular weight is 305 g/mol. The number of ether oxygens (including phenoxy) is 1. The van der Waals surface area contributed by atoms with Crippen molar-refractivity contribution in [3.63, 3.8) is 0 Å². The SMILES string of the molecule is COc1cc(C(C)N(O)Cc2ccc(O)cc2O)ccc1O. The van der Waals surface area contributed by atoms with E-state index in [4.69, 9.17) is 4.74 Å². The largest absolute Gasteiger partial charge is 0.508 e. The van der Waals surface area contributed by atoms with E-state index in [9.17, 15) is 20.5 Å². The van der Waals surface area contributed by atoms with E-state index in [2.05, 4.69) is 0 Å². The Morgan fingerprint density at radius 3 is 2.41 bits per heavy atom. The van der Waals surface area contributed by atoms with Crippen molar-refractivity contribution in [3.05, 3.63) is 47.5 Å². The van der Waals surface area contributed by atoms with E-state index in [0.717, 1.165) is 10.6 Å². The first-order valence-electron chi connectivity index (χ1n) is 6.75. The molecule has 4 N–H and O–H groups in total. The van der Waals surface area contributed by atoms with Crippen molar-refractivity contribution < 1.29 is 25.3 Å². The van der Waals surface area contributed by atoms with Gasteiger partial charge >= 0.3 is 0 Å². The first-order chi connectivity index (χ1) is 10.4. The Bertz CT molecular complexity index is 659. The van der Waals surface area contributed by atoms with E-state index >= 15 is 0 Å². The molecule has 0 aliphatic heterocycles. The molecule has 2 aromatic carbocycles. The summed E-state index contributed by atoms with van der Waals surface area (Å²) in [7, 11) is 1.45. The van der Waals surface area contributed by atoms with Gasteiger partial charge in [0.25, 0.3) is 0 Å². The average Bonchev–Trinajstić information content (AvgIpc) is 2.49. The third-order valence-corrected chi connectivity index (χ3v) is 3.53. The summed E-state index contributed by atoms with van der Waals surface area (Å²) < 4.78 is 5.05. The minimum absolute atomic E-state index is 0.0270. The summed E-state index contributed by atoms with van der Waals surface area (Å²) in [6.45, 7) is 1.86. The number of rotatable bonds is 5. The molecule has 0 aliphatic carbocycles. The van der Waals surface area contributed by atoms with E-state index < -0.39 is 0 Å². The zero-order valence-corrected chi connectivity index (χ0v) is 12.4. The minimum Gasteiger partial charge on any atom is -0.508 e. The summed E-state index contributed by atoms with van der Waals surface area (Å²) in [5.41, 5.74) is 1.23. The van der Waals surface area contributed by atoms with Crippen molar-refractivity contribution >= 4 is 0 Å². The molecule has 0 bridgehead atoms. The first kappa shape index (κ1) is 15.9. The molecule has 0 saturated carbocycles. The molecule has 6 nitrogen and oxygen atoms in total. The number of phenolic OH excluding ortho intramolecular Hbond substituents is 3. The monoisotopic (exact) mass is 305 g/mol. The number of hydrogen-bond donors (Lipinski definition) is 4. The third kappa shape index (κ3) is 3.41. The number of methoxy groups -OCH3 is 1. The molecule has 22 heavy (non-hydrogen) atoms. The van der Waals surface area contributed by atoms with Crippen molar-refractivity contribution in [2.24, 2.45) is 0 Å². The molecule has 1 atom stereocenters. The van der Waals surface area contributed by atoms with Gasteiger partial charge < -0.3 is 25.3 Å². The van der Waals surface area contributed by atoms with Crippen molar-refractivity contribution in [3.8, 4) is 23.0 Å². The van der Waals surface area contributed by atoms with Gasteiger partial charge in [0.15, 0.2) is 11.5 Å². The molecular formula is C16H19NO5. The van der Waals surface area contributed by atoms with Gasteiger partial charge in [-0.2, -0.15) is 5.06 Å². The minimum atomic E-state index is -0.386. The summed E-state index contributed by atoms with van der Waals surface area (Å²) >= 11 is 0. The molecule has 0 radical (unpaired) electrons. The summed E-state index contributed by atoms with van der Waals surface area (Å²) in [5.74, 6) is 0.223. The maximum atomic E-state index is 10.2. The Morgan fingerprint density at radius 2 is 1.77 bits per heavy atom. The number of benzene rings is 2. The van der Waals surface area contributed by atoms with Crippen LogP contribution in [0.4, 0.5) is 0 Å². The maximum Gasteiger partial charge on any atom is 0.160 e. The number of phenols is 3. The van der Waals surface area contributed by atoms with Gasteiger partial charge in [-0.25, -0.2) is 0 Å². The van der Waals surface area contributed by atoms with Gasteiger partial charge in [0.05, 0.1) is 19.7 Å². The smallest absolute Gasteiger partial charge is 0.160 e. The predicted molar refractivity (Wildman–Crippen MR) is 80.2 cm³/mol. The normalized spacial score (nSPS) is 12.4. The summed E-state index contributed by atoms with van der Waals surface area (Å²) in [4.78, 5) is 0. The summed E-state index contributed by atoms with van der Waals surface area (Å²) in [6, 6.07) is 8.63. The lowest BCUT2D eigenvalue weighted by molar-refractivity contribution is -0.132. The van der Waals surface area contributed by atoms with E-state index in [0.29, 0.717) is 11.3 Å². The van der Waals surface area contributed by atoms with Gasteiger partial charge in [0.1, 0.15) is 11.5 Å². The van der Waals surface area contributed by atoms with Gasteiger partial charge in [-0.15, -0.1) is 0 Å². The molecule has 0 aromatic heterocycles. The molecule has 0 amide bonds. The van der Waals surface area contributed by atoms with E-state index in [1.807, 2.05) is 0 Å². The molecule has 1 unspecified atom stereocenters. The molecule has 0 heterocycles. The molecule has 2 rings (SSSR count). The first-order valence-corrected chi connectivity index (χ1v) is 6.75. The molecule has 0 aliphatic rings. The highest BCUT2D eigenvalue weighted by atomic mass is 16.5. The number of hydrogen-bond acceptors (Lipinski definition) is 6. The fourth-order valence-electron chi connectivity index (χ4n) is 2.12. The van der Waals surface area contributed by atoms with Gasteiger partial charge in [0.2, 0.25) is 0 Å². The van der Waals surface area contributed by atoms with Crippen molar-refractivity contribution in [2.75, 3.05) is 7.11 Å². The number of aromatic hydroxyl groups is 3. The van der Waals surface area contributed by atoms with Crippen LogP contribution in [0.1, 0.15) is 24.1 Å². The molecule has 2 aromatic rings. The Morgan fingerprint density at radius 1 is 1.05 bits per heavy atom. The molecule has 6 heteroatoms. The highest BCUT2D eigenvalue weighted by Crippen LogP contribution is 2.32. The number of nitrogens with zero attached hydrogens (tertiary/aromatic N) is 1. The summed E-state index contributed by atoms with van der Waals surface area (Å²) in [6.07, 6.45) is 0. The second-order valence-corrected chi connectivity index (χ2v) is 5.02. The van der Waals surface area contributed by atoms with Crippen LogP contribution < -0.4 is 4.74 Å². The lowest BCUT2D eigenvalue weighted by Gasteiger charge is -2.24. The van der Waals surface area contributed by atoms with Crippen LogP contribution in [0.5, 0.6) is 23.0 Å². The van der Waals surface area contributed by atoms with Gasteiger partial charge in [-0.3, -0.25) is 0 Å². The Balaban J connectivity index is 2.16. The van der Waals surface area contributed by atoms with Crippen LogP contribution >= 0.6 is 0 Å². The van der Waals surface area contributed by atoms with Crippen LogP contribution in [0.2, 0.25) is 0 Å². The molecule has 118 valence electrons. The Hall–Kier alpha value is -2.44. The third-order valence-electron chi connectivity index (χ3n) is 3.53. The molecular weight excluding hydrogens is 286 g/mol. The van der Waals surface area contributed by atoms with Gasteiger partial charge in [-0.05, 0) is 30.7 Å². The second-order valence-electron chi connectivity index (χ2n) is 5.02. The van der Waals surface area contributed by atoms with Crippen LogP contribution in [-0.4, -0.2) is 32.7 Å². The predicted octanol–water partition coefficient (Wildman–Crippen LogP) is 2.76. The van der Waals surface area contributed by atoms with Crippen LogP contribution in [0.3, 0.4) is 0 Å². The van der Waals surface area contributed by atoms with Gasteiger partial charge in [-0.1, -0.05) is 12.1 Å². The van der Waals surface area contributed by atoms with Gasteiger partial charge in [0, 0.05) is 11.6 Å². The summed E-state index contributed by atoms with van der Waals surface area (Å²) in [5, 5.41) is 39.9. The van der Waals surface area contributed by atoms with Crippen molar-refractivity contribution in [1.29, 1.82) is 0 Å². The van der Waals surface area contributed by atoms with Crippen molar-refractivity contribution in [2.45, 2.75) is 19.5 Å². The van der Waals surface area contributed by atoms with Crippen LogP contribution in [0.15, 0.2) is 36.4 Å². The lowest BCUT2D eigenvalue weighted by atomic mass is 10.1. The number of hydroxylamine groups is 2. The quantitative estimate of drug-likeness (QED) is 0.635. The zero-order chi connectivity index (χ0) is 16.3. The Kier molecular flexibility index (Phi) is 4.75. The van der Waals surface area contributed by atoms with Crippen molar-refractivity contribution in [1.82, 2.24) is 5.06 Å². The molecule has 0 saturated heterocycles. The molecule has 0 fully saturated rings. The Labute approximate surface area is 128 Å². The fraction of sp³-hybridized carbons (Fsp3) is 0.250. The lowest BCUT2D eigenvalue weighted by Crippen LogP contribution is -2.22. The van der Waals surface area contributed by atoms with Crippen LogP contribution in [-0.2, 0) is 6.54 Å². The van der Waals surface area contributed by atoms with Crippen LogP contribution in [0, 0.1) is 0 Å².